The molecule has 0 aliphatic carbocycles. The molecule has 0 saturated heterocycles. The van der Waals surface area contributed by atoms with E-state index >= 15 is 0 Å². The number of amides is 1. The Morgan fingerprint density at radius 1 is 1.07 bits per heavy atom. The van der Waals surface area contributed by atoms with Gasteiger partial charge in [0, 0.05) is 17.2 Å². The van der Waals surface area contributed by atoms with Crippen molar-refractivity contribution in [1.29, 1.82) is 0 Å². The SMILES string of the molecule is Cc1ccc(Cn2nccc2NC(=O)c2cccnc2Sc2ccccc2)o1. The van der Waals surface area contributed by atoms with Gasteiger partial charge in [0.25, 0.3) is 5.91 Å². The van der Waals surface area contributed by atoms with Gasteiger partial charge in [-0.05, 0) is 43.3 Å². The lowest BCUT2D eigenvalue weighted by Crippen LogP contribution is -2.17. The zero-order chi connectivity index (χ0) is 19.3. The smallest absolute Gasteiger partial charge is 0.259 e. The third-order valence-electron chi connectivity index (χ3n) is 4.03. The lowest BCUT2D eigenvalue weighted by atomic mass is 10.2. The molecule has 1 aromatic carbocycles. The highest BCUT2D eigenvalue weighted by Gasteiger charge is 2.16. The van der Waals surface area contributed by atoms with Gasteiger partial charge in [0.15, 0.2) is 0 Å². The highest BCUT2D eigenvalue weighted by Crippen LogP contribution is 2.28. The predicted molar refractivity (Wildman–Crippen MR) is 108 cm³/mol. The highest BCUT2D eigenvalue weighted by molar-refractivity contribution is 7.99. The highest BCUT2D eigenvalue weighted by atomic mass is 32.2. The van der Waals surface area contributed by atoms with Crippen LogP contribution >= 0.6 is 11.8 Å². The van der Waals surface area contributed by atoms with E-state index in [2.05, 4.69) is 15.4 Å². The van der Waals surface area contributed by atoms with Crippen molar-refractivity contribution < 1.29 is 9.21 Å². The topological polar surface area (TPSA) is 73.0 Å². The van der Waals surface area contributed by atoms with Crippen molar-refractivity contribution in [2.75, 3.05) is 5.32 Å². The van der Waals surface area contributed by atoms with Gasteiger partial charge in [0.2, 0.25) is 0 Å². The fraction of sp³-hybridized carbons (Fsp3) is 0.0952. The third-order valence-corrected chi connectivity index (χ3v) is 5.06. The number of benzene rings is 1. The minimum absolute atomic E-state index is 0.232. The van der Waals surface area contributed by atoms with Gasteiger partial charge in [-0.1, -0.05) is 30.0 Å². The summed E-state index contributed by atoms with van der Waals surface area (Å²) in [6, 6.07) is 18.9. The molecule has 1 amide bonds. The molecule has 0 aliphatic heterocycles. The molecule has 28 heavy (non-hydrogen) atoms. The third kappa shape index (κ3) is 4.15. The first-order chi connectivity index (χ1) is 13.7. The summed E-state index contributed by atoms with van der Waals surface area (Å²) >= 11 is 1.46. The van der Waals surface area contributed by atoms with Gasteiger partial charge < -0.3 is 9.73 Å². The lowest BCUT2D eigenvalue weighted by Gasteiger charge is -2.10. The summed E-state index contributed by atoms with van der Waals surface area (Å²) < 4.78 is 7.29. The summed E-state index contributed by atoms with van der Waals surface area (Å²) in [5.74, 6) is 1.98. The normalized spacial score (nSPS) is 10.8. The van der Waals surface area contributed by atoms with E-state index in [0.717, 1.165) is 16.4 Å². The first kappa shape index (κ1) is 18.1. The summed E-state index contributed by atoms with van der Waals surface area (Å²) in [4.78, 5) is 18.3. The fourth-order valence-electron chi connectivity index (χ4n) is 2.71. The number of furan rings is 1. The van der Waals surface area contributed by atoms with Gasteiger partial charge >= 0.3 is 0 Å². The molecule has 0 spiro atoms. The zero-order valence-electron chi connectivity index (χ0n) is 15.2. The van der Waals surface area contributed by atoms with E-state index in [1.165, 1.54) is 11.8 Å². The average molecular weight is 390 g/mol. The number of hydrogen-bond donors (Lipinski definition) is 1. The number of anilines is 1. The van der Waals surface area contributed by atoms with Crippen LogP contribution < -0.4 is 5.32 Å². The van der Waals surface area contributed by atoms with Gasteiger partial charge in [-0.15, -0.1) is 0 Å². The molecule has 0 radical (unpaired) electrons. The number of hydrogen-bond acceptors (Lipinski definition) is 5. The summed E-state index contributed by atoms with van der Waals surface area (Å²) in [6.07, 6.45) is 3.33. The molecule has 1 N–H and O–H groups in total. The van der Waals surface area contributed by atoms with Crippen LogP contribution in [0.1, 0.15) is 21.9 Å². The molecule has 7 heteroatoms. The van der Waals surface area contributed by atoms with Crippen molar-refractivity contribution >= 4 is 23.5 Å². The number of aryl methyl sites for hydroxylation is 1. The Morgan fingerprint density at radius 2 is 1.93 bits per heavy atom. The van der Waals surface area contributed by atoms with E-state index in [1.807, 2.05) is 49.4 Å². The maximum Gasteiger partial charge on any atom is 0.259 e. The van der Waals surface area contributed by atoms with Crippen LogP contribution in [0.15, 0.2) is 87.4 Å². The van der Waals surface area contributed by atoms with Crippen molar-refractivity contribution in [3.05, 3.63) is 90.1 Å². The Bertz CT molecular complexity index is 1090. The molecule has 0 fully saturated rings. The van der Waals surface area contributed by atoms with Crippen molar-refractivity contribution in [2.24, 2.45) is 0 Å². The van der Waals surface area contributed by atoms with Crippen LogP contribution in [0.4, 0.5) is 5.82 Å². The Morgan fingerprint density at radius 3 is 2.71 bits per heavy atom. The van der Waals surface area contributed by atoms with E-state index in [-0.39, 0.29) is 5.91 Å². The molecule has 4 rings (SSSR count). The van der Waals surface area contributed by atoms with Crippen LogP contribution in [-0.2, 0) is 6.54 Å². The standard InChI is InChI=1S/C21H18N4O2S/c1-15-9-10-16(27-15)14-25-19(11-13-23-25)24-20(26)18-8-5-12-22-21(18)28-17-6-3-2-4-7-17/h2-13H,14H2,1H3,(H,24,26). The molecule has 3 aromatic heterocycles. The van der Waals surface area contributed by atoms with Crippen LogP contribution in [-0.4, -0.2) is 20.7 Å². The second kappa shape index (κ2) is 8.14. The van der Waals surface area contributed by atoms with Crippen molar-refractivity contribution in [3.8, 4) is 0 Å². The Kier molecular flexibility index (Phi) is 5.25. The molecule has 0 saturated carbocycles. The van der Waals surface area contributed by atoms with Crippen LogP contribution in [0.25, 0.3) is 0 Å². The van der Waals surface area contributed by atoms with Crippen LogP contribution in [0.3, 0.4) is 0 Å². The summed E-state index contributed by atoms with van der Waals surface area (Å²) in [5.41, 5.74) is 0.512. The van der Waals surface area contributed by atoms with Gasteiger partial charge in [0.05, 0.1) is 11.8 Å². The minimum Gasteiger partial charge on any atom is -0.464 e. The first-order valence-corrected chi connectivity index (χ1v) is 9.57. The van der Waals surface area contributed by atoms with E-state index in [9.17, 15) is 4.79 Å². The predicted octanol–water partition coefficient (Wildman–Crippen LogP) is 4.63. The van der Waals surface area contributed by atoms with Crippen LogP contribution in [0.5, 0.6) is 0 Å². The monoisotopic (exact) mass is 390 g/mol. The number of nitrogens with one attached hydrogen (secondary N) is 1. The first-order valence-electron chi connectivity index (χ1n) is 8.75. The maximum atomic E-state index is 12.9. The number of pyridine rings is 1. The molecule has 3 heterocycles. The molecule has 0 aliphatic rings. The second-order valence-electron chi connectivity index (χ2n) is 6.11. The average Bonchev–Trinajstić information content (AvgIpc) is 3.32. The van der Waals surface area contributed by atoms with Gasteiger partial charge in [-0.2, -0.15) is 5.10 Å². The van der Waals surface area contributed by atoms with Crippen molar-refractivity contribution in [1.82, 2.24) is 14.8 Å². The minimum atomic E-state index is -0.232. The van der Waals surface area contributed by atoms with Gasteiger partial charge in [-0.3, -0.25) is 4.79 Å². The van der Waals surface area contributed by atoms with E-state index in [4.69, 9.17) is 4.42 Å². The number of carbonyl (C=O) groups is 1. The number of aromatic nitrogens is 3. The summed E-state index contributed by atoms with van der Waals surface area (Å²) in [5, 5.41) is 7.86. The molecule has 140 valence electrons. The number of carbonyl (C=O) groups excluding carboxylic acids is 1. The zero-order valence-corrected chi connectivity index (χ0v) is 16.0. The van der Waals surface area contributed by atoms with E-state index in [0.29, 0.717) is 23.0 Å². The van der Waals surface area contributed by atoms with Gasteiger partial charge in [-0.25, -0.2) is 9.67 Å². The van der Waals surface area contributed by atoms with E-state index < -0.39 is 0 Å². The Balaban J connectivity index is 1.53. The molecule has 0 atom stereocenters. The summed E-state index contributed by atoms with van der Waals surface area (Å²) in [6.45, 7) is 2.33. The van der Waals surface area contributed by atoms with E-state index in [1.54, 1.807) is 35.3 Å². The molecule has 4 aromatic rings. The molecule has 0 bridgehead atoms. The lowest BCUT2D eigenvalue weighted by molar-refractivity contribution is 0.102. The summed E-state index contributed by atoms with van der Waals surface area (Å²) in [7, 11) is 0. The van der Waals surface area contributed by atoms with Crippen LogP contribution in [0, 0.1) is 6.92 Å². The molecular formula is C21H18N4O2S. The van der Waals surface area contributed by atoms with Crippen molar-refractivity contribution in [3.63, 3.8) is 0 Å². The number of rotatable bonds is 6. The molecule has 6 nitrogen and oxygen atoms in total. The fourth-order valence-corrected chi connectivity index (χ4v) is 3.61. The second-order valence-corrected chi connectivity index (χ2v) is 7.17. The quantitative estimate of drug-likeness (QED) is 0.520. The van der Waals surface area contributed by atoms with Crippen LogP contribution in [0.2, 0.25) is 0 Å². The molecule has 0 unspecified atom stereocenters. The maximum absolute atomic E-state index is 12.9. The largest absolute Gasteiger partial charge is 0.464 e. The Labute approximate surface area is 166 Å². The number of nitrogens with zero attached hydrogens (tertiary/aromatic N) is 3. The molecular weight excluding hydrogens is 372 g/mol. The van der Waals surface area contributed by atoms with Crippen molar-refractivity contribution in [2.45, 2.75) is 23.4 Å². The van der Waals surface area contributed by atoms with Gasteiger partial charge in [0.1, 0.15) is 28.9 Å². The Hall–Kier alpha value is -3.32.